The van der Waals surface area contributed by atoms with Crippen LogP contribution in [0.15, 0.2) is 18.3 Å². The number of aliphatic hydroxyl groups is 1. The highest BCUT2D eigenvalue weighted by atomic mass is 16.4. The van der Waals surface area contributed by atoms with Crippen LogP contribution in [0, 0.1) is 18.8 Å². The maximum Gasteiger partial charge on any atom is 0.306 e. The zero-order valence-electron chi connectivity index (χ0n) is 9.71. The van der Waals surface area contributed by atoms with Crippen LogP contribution >= 0.6 is 0 Å². The number of carboxylic acid groups (broad SMARTS) is 1. The molecule has 0 bridgehead atoms. The van der Waals surface area contributed by atoms with Crippen LogP contribution in [0.3, 0.4) is 0 Å². The van der Waals surface area contributed by atoms with E-state index >= 15 is 0 Å². The van der Waals surface area contributed by atoms with Gasteiger partial charge in [0.15, 0.2) is 0 Å². The van der Waals surface area contributed by atoms with E-state index in [0.717, 1.165) is 5.69 Å². The van der Waals surface area contributed by atoms with Crippen molar-refractivity contribution in [2.45, 2.75) is 26.9 Å². The first-order valence-corrected chi connectivity index (χ1v) is 5.27. The summed E-state index contributed by atoms with van der Waals surface area (Å²) < 4.78 is 0. The number of rotatable bonds is 4. The number of hydrogen-bond acceptors (Lipinski definition) is 3. The molecular formula is C12H17NO3. The number of carbonyl (C=O) groups is 1. The number of aromatic nitrogens is 1. The largest absolute Gasteiger partial charge is 0.481 e. The molecule has 0 spiro atoms. The Morgan fingerprint density at radius 3 is 2.44 bits per heavy atom. The van der Waals surface area contributed by atoms with Crippen molar-refractivity contribution in [1.29, 1.82) is 0 Å². The van der Waals surface area contributed by atoms with Crippen LogP contribution in [-0.2, 0) is 4.79 Å². The Bertz CT molecular complexity index is 361. The molecule has 1 rings (SSSR count). The second kappa shape index (κ2) is 5.07. The number of aryl methyl sites for hydroxylation is 1. The first-order valence-electron chi connectivity index (χ1n) is 5.27. The monoisotopic (exact) mass is 223 g/mol. The van der Waals surface area contributed by atoms with Crippen molar-refractivity contribution in [3.63, 3.8) is 0 Å². The number of nitrogens with zero attached hydrogens (tertiary/aromatic N) is 1. The Kier molecular flexibility index (Phi) is 4.01. The topological polar surface area (TPSA) is 70.4 Å². The van der Waals surface area contributed by atoms with Gasteiger partial charge in [0, 0.05) is 11.9 Å². The van der Waals surface area contributed by atoms with Gasteiger partial charge in [-0.05, 0) is 24.5 Å². The number of hydrogen-bond donors (Lipinski definition) is 2. The Labute approximate surface area is 95.0 Å². The molecule has 0 fully saturated rings. The molecule has 0 aliphatic carbocycles. The molecule has 1 aromatic heterocycles. The maximum atomic E-state index is 10.8. The van der Waals surface area contributed by atoms with E-state index in [4.69, 9.17) is 5.11 Å². The predicted molar refractivity (Wildman–Crippen MR) is 59.9 cm³/mol. The lowest BCUT2D eigenvalue weighted by atomic mass is 9.87. The van der Waals surface area contributed by atoms with E-state index in [1.54, 1.807) is 32.2 Å². The van der Waals surface area contributed by atoms with E-state index in [2.05, 4.69) is 4.98 Å². The number of carboxylic acids is 1. The highest BCUT2D eigenvalue weighted by Crippen LogP contribution is 2.27. The normalized spacial score (nSPS) is 16.5. The minimum atomic E-state index is -0.897. The van der Waals surface area contributed by atoms with Gasteiger partial charge < -0.3 is 10.2 Å². The Morgan fingerprint density at radius 1 is 1.38 bits per heavy atom. The van der Waals surface area contributed by atoms with Gasteiger partial charge in [-0.25, -0.2) is 0 Å². The zero-order chi connectivity index (χ0) is 12.3. The van der Waals surface area contributed by atoms with Crippen molar-refractivity contribution in [2.24, 2.45) is 11.8 Å². The summed E-state index contributed by atoms with van der Waals surface area (Å²) in [6, 6.07) is 3.58. The molecule has 3 atom stereocenters. The summed E-state index contributed by atoms with van der Waals surface area (Å²) in [6.45, 7) is 5.18. The van der Waals surface area contributed by atoms with E-state index in [0.29, 0.717) is 5.56 Å². The van der Waals surface area contributed by atoms with E-state index < -0.39 is 18.0 Å². The van der Waals surface area contributed by atoms with Crippen LogP contribution in [0.2, 0.25) is 0 Å². The lowest BCUT2D eigenvalue weighted by molar-refractivity contribution is -0.144. The molecule has 0 aromatic carbocycles. The van der Waals surface area contributed by atoms with Gasteiger partial charge in [0.25, 0.3) is 0 Å². The van der Waals surface area contributed by atoms with Crippen LogP contribution < -0.4 is 0 Å². The molecule has 0 aliphatic rings. The summed E-state index contributed by atoms with van der Waals surface area (Å²) >= 11 is 0. The molecule has 0 aliphatic heterocycles. The Hall–Kier alpha value is -1.42. The third kappa shape index (κ3) is 2.79. The average Bonchev–Trinajstić information content (AvgIpc) is 2.27. The van der Waals surface area contributed by atoms with Crippen LogP contribution in [0.5, 0.6) is 0 Å². The van der Waals surface area contributed by atoms with E-state index in [1.165, 1.54) is 0 Å². The Balaban J connectivity index is 2.81. The molecule has 0 radical (unpaired) electrons. The van der Waals surface area contributed by atoms with Crippen molar-refractivity contribution in [1.82, 2.24) is 4.98 Å². The lowest BCUT2D eigenvalue weighted by Gasteiger charge is -2.22. The highest BCUT2D eigenvalue weighted by molar-refractivity contribution is 5.69. The van der Waals surface area contributed by atoms with Crippen molar-refractivity contribution in [3.05, 3.63) is 29.6 Å². The van der Waals surface area contributed by atoms with E-state index in [-0.39, 0.29) is 5.92 Å². The van der Waals surface area contributed by atoms with Crippen molar-refractivity contribution in [3.8, 4) is 0 Å². The fourth-order valence-corrected chi connectivity index (χ4v) is 1.46. The molecule has 0 saturated carbocycles. The quantitative estimate of drug-likeness (QED) is 0.816. The van der Waals surface area contributed by atoms with Gasteiger partial charge in [-0.15, -0.1) is 0 Å². The molecule has 4 heteroatoms. The fourth-order valence-electron chi connectivity index (χ4n) is 1.46. The molecule has 2 N–H and O–H groups in total. The molecule has 16 heavy (non-hydrogen) atoms. The summed E-state index contributed by atoms with van der Waals surface area (Å²) in [6.07, 6.45) is 0.796. The second-order valence-corrected chi connectivity index (χ2v) is 4.16. The molecular weight excluding hydrogens is 206 g/mol. The molecule has 4 nitrogen and oxygen atoms in total. The van der Waals surface area contributed by atoms with Gasteiger partial charge >= 0.3 is 5.97 Å². The van der Waals surface area contributed by atoms with Gasteiger partial charge in [0.1, 0.15) is 0 Å². The average molecular weight is 223 g/mol. The van der Waals surface area contributed by atoms with Crippen molar-refractivity contribution in [2.75, 3.05) is 0 Å². The van der Waals surface area contributed by atoms with Gasteiger partial charge in [-0.3, -0.25) is 9.78 Å². The zero-order valence-corrected chi connectivity index (χ0v) is 9.71. The molecule has 88 valence electrons. The number of aliphatic hydroxyl groups excluding tert-OH is 1. The van der Waals surface area contributed by atoms with E-state index in [9.17, 15) is 9.90 Å². The minimum Gasteiger partial charge on any atom is -0.481 e. The van der Waals surface area contributed by atoms with Gasteiger partial charge in [-0.2, -0.15) is 0 Å². The second-order valence-electron chi connectivity index (χ2n) is 4.16. The van der Waals surface area contributed by atoms with Gasteiger partial charge in [0.2, 0.25) is 0 Å². The van der Waals surface area contributed by atoms with Crippen molar-refractivity contribution < 1.29 is 15.0 Å². The SMILES string of the molecule is Cc1ccc(C(O)C(C)C(C)C(=O)O)cn1. The third-order valence-electron chi connectivity index (χ3n) is 2.95. The molecule has 0 saturated heterocycles. The molecule has 3 unspecified atom stereocenters. The first-order chi connectivity index (χ1) is 7.43. The lowest BCUT2D eigenvalue weighted by Crippen LogP contribution is -2.24. The summed E-state index contributed by atoms with van der Waals surface area (Å²) in [5.74, 6) is -1.83. The van der Waals surface area contributed by atoms with Crippen LogP contribution in [0.25, 0.3) is 0 Å². The van der Waals surface area contributed by atoms with Gasteiger partial charge in [-0.1, -0.05) is 19.9 Å². The smallest absolute Gasteiger partial charge is 0.306 e. The standard InChI is InChI=1S/C12H17NO3/c1-7-4-5-10(6-13-7)11(14)8(2)9(3)12(15)16/h4-6,8-9,11,14H,1-3H3,(H,15,16). The minimum absolute atomic E-state index is 0.345. The van der Waals surface area contributed by atoms with Crippen LogP contribution in [0.1, 0.15) is 31.2 Å². The number of aliphatic carboxylic acids is 1. The van der Waals surface area contributed by atoms with Crippen molar-refractivity contribution >= 4 is 5.97 Å². The molecule has 1 heterocycles. The summed E-state index contributed by atoms with van der Waals surface area (Å²) in [5.41, 5.74) is 1.53. The summed E-state index contributed by atoms with van der Waals surface area (Å²) in [4.78, 5) is 14.9. The molecule has 0 amide bonds. The Morgan fingerprint density at radius 2 is 2.00 bits per heavy atom. The maximum absolute atomic E-state index is 10.8. The van der Waals surface area contributed by atoms with Gasteiger partial charge in [0.05, 0.1) is 12.0 Å². The fraction of sp³-hybridized carbons (Fsp3) is 0.500. The summed E-state index contributed by atoms with van der Waals surface area (Å²) in [7, 11) is 0. The first kappa shape index (κ1) is 12.6. The summed E-state index contributed by atoms with van der Waals surface area (Å²) in [5, 5.41) is 18.9. The predicted octanol–water partition coefficient (Wildman–Crippen LogP) is 1.78. The van der Waals surface area contributed by atoms with Crippen LogP contribution in [0.4, 0.5) is 0 Å². The third-order valence-corrected chi connectivity index (χ3v) is 2.95. The molecule has 1 aromatic rings. The highest BCUT2D eigenvalue weighted by Gasteiger charge is 2.27. The number of pyridine rings is 1. The van der Waals surface area contributed by atoms with E-state index in [1.807, 2.05) is 6.92 Å². The van der Waals surface area contributed by atoms with Crippen LogP contribution in [-0.4, -0.2) is 21.2 Å².